The van der Waals surface area contributed by atoms with Crippen LogP contribution in [0.3, 0.4) is 0 Å². The van der Waals surface area contributed by atoms with Gasteiger partial charge in [0, 0.05) is 34.2 Å². The van der Waals surface area contributed by atoms with Crippen molar-refractivity contribution in [2.45, 2.75) is 0 Å². The summed E-state index contributed by atoms with van der Waals surface area (Å²) < 4.78 is 2.38. The molecule has 0 aliphatic carbocycles. The van der Waals surface area contributed by atoms with Crippen LogP contribution in [-0.2, 0) is 0 Å². The van der Waals surface area contributed by atoms with E-state index in [1.165, 1.54) is 50.0 Å². The minimum atomic E-state index is 1.20. The Balaban J connectivity index is 1.83. The lowest BCUT2D eigenvalue weighted by molar-refractivity contribution is -0.473. The predicted octanol–water partition coefficient (Wildman–Crippen LogP) is 5.29. The summed E-state index contributed by atoms with van der Waals surface area (Å²) in [5.41, 5.74) is 9.05. The maximum Gasteiger partial charge on any atom is 0.143 e. The van der Waals surface area contributed by atoms with E-state index in [1.54, 1.807) is 0 Å². The van der Waals surface area contributed by atoms with E-state index in [1.807, 2.05) is 0 Å². The third kappa shape index (κ3) is 1.74. The number of fused-ring (bicyclic) bond motifs is 7. The van der Waals surface area contributed by atoms with Gasteiger partial charge in [0.1, 0.15) is 11.4 Å². The van der Waals surface area contributed by atoms with Crippen LogP contribution >= 0.6 is 0 Å². The maximum absolute atomic E-state index is 2.38. The fourth-order valence-corrected chi connectivity index (χ4v) is 4.36. The van der Waals surface area contributed by atoms with E-state index in [4.69, 9.17) is 0 Å². The van der Waals surface area contributed by atoms with Crippen LogP contribution in [0, 0.1) is 0 Å². The van der Waals surface area contributed by atoms with Crippen LogP contribution in [0.15, 0.2) is 91.0 Å². The van der Waals surface area contributed by atoms with Gasteiger partial charge in [0.25, 0.3) is 0 Å². The zero-order chi connectivity index (χ0) is 17.1. The zero-order valence-electron chi connectivity index (χ0n) is 14.2. The predicted molar refractivity (Wildman–Crippen MR) is 107 cm³/mol. The van der Waals surface area contributed by atoms with Crippen molar-refractivity contribution in [2.24, 2.45) is 0 Å². The van der Waals surface area contributed by atoms with Gasteiger partial charge in [0.2, 0.25) is 0 Å². The lowest BCUT2D eigenvalue weighted by Gasteiger charge is -2.07. The van der Waals surface area contributed by atoms with Crippen LogP contribution in [0.5, 0.6) is 0 Å². The summed E-state index contributed by atoms with van der Waals surface area (Å²) in [6.45, 7) is 0. The molecule has 1 aliphatic heterocycles. The molecule has 0 atom stereocenters. The zero-order valence-corrected chi connectivity index (χ0v) is 14.2. The van der Waals surface area contributed by atoms with Crippen molar-refractivity contribution in [3.8, 4) is 16.8 Å². The Bertz CT molecular complexity index is 1300. The van der Waals surface area contributed by atoms with Gasteiger partial charge >= 0.3 is 0 Å². The number of quaternary nitrogens is 1. The van der Waals surface area contributed by atoms with Crippen LogP contribution in [-0.4, -0.2) is 4.57 Å². The summed E-state index contributed by atoms with van der Waals surface area (Å²) in [5, 5.41) is 4.97. The van der Waals surface area contributed by atoms with E-state index in [0.29, 0.717) is 0 Å². The average molecular weight is 333 g/mol. The largest absolute Gasteiger partial charge is 0.309 e. The minimum Gasteiger partial charge on any atom is -0.309 e. The molecule has 1 aromatic heterocycles. The Morgan fingerprint density at radius 2 is 1.35 bits per heavy atom. The molecule has 122 valence electrons. The SMILES string of the molecule is c1ccc(-n2c3ccccc3c3c4c(ccc32)[NH2+]c2ccccc2-4)cc1. The van der Waals surface area contributed by atoms with Crippen LogP contribution in [0.1, 0.15) is 0 Å². The first-order valence-electron chi connectivity index (χ1n) is 8.97. The molecule has 0 fully saturated rings. The van der Waals surface area contributed by atoms with Gasteiger partial charge in [-0.25, -0.2) is 0 Å². The van der Waals surface area contributed by atoms with Gasteiger partial charge in [-0.1, -0.05) is 48.5 Å². The molecule has 0 saturated heterocycles. The quantitative estimate of drug-likeness (QED) is 0.395. The van der Waals surface area contributed by atoms with Crippen molar-refractivity contribution < 1.29 is 5.32 Å². The van der Waals surface area contributed by atoms with Gasteiger partial charge in [0.05, 0.1) is 16.6 Å². The molecule has 1 aliphatic rings. The summed E-state index contributed by atoms with van der Waals surface area (Å²) in [7, 11) is 0. The van der Waals surface area contributed by atoms with E-state index in [9.17, 15) is 0 Å². The Morgan fingerprint density at radius 3 is 2.27 bits per heavy atom. The highest BCUT2D eigenvalue weighted by Crippen LogP contribution is 2.45. The topological polar surface area (TPSA) is 21.5 Å². The molecule has 2 nitrogen and oxygen atoms in total. The second kappa shape index (κ2) is 5.07. The highest BCUT2D eigenvalue weighted by Gasteiger charge is 2.27. The number of hydrogen-bond acceptors (Lipinski definition) is 0. The molecule has 2 heteroatoms. The van der Waals surface area contributed by atoms with Gasteiger partial charge in [-0.2, -0.15) is 0 Å². The molecular formula is C24H17N2+. The first-order chi connectivity index (χ1) is 12.9. The number of nitrogens with zero attached hydrogens (tertiary/aromatic N) is 1. The Morgan fingerprint density at radius 1 is 0.577 bits per heavy atom. The number of rotatable bonds is 1. The van der Waals surface area contributed by atoms with E-state index in [0.717, 1.165) is 0 Å². The van der Waals surface area contributed by atoms with Crippen LogP contribution in [0.4, 0.5) is 11.4 Å². The second-order valence-electron chi connectivity index (χ2n) is 6.84. The molecular weight excluding hydrogens is 316 g/mol. The molecule has 5 aromatic rings. The number of hydrogen-bond donors (Lipinski definition) is 1. The number of aromatic nitrogens is 1. The van der Waals surface area contributed by atoms with Crippen molar-refractivity contribution in [3.05, 3.63) is 91.0 Å². The maximum atomic E-state index is 2.38. The van der Waals surface area contributed by atoms with E-state index < -0.39 is 0 Å². The Hall–Kier alpha value is -3.36. The van der Waals surface area contributed by atoms with Crippen LogP contribution in [0.2, 0.25) is 0 Å². The number of nitrogens with two attached hydrogens (primary N) is 1. The van der Waals surface area contributed by atoms with Crippen molar-refractivity contribution in [1.29, 1.82) is 0 Å². The van der Waals surface area contributed by atoms with Crippen molar-refractivity contribution in [3.63, 3.8) is 0 Å². The standard InChI is InChI=1S/C24H16N2/c1-2-8-16(9-3-1)26-21-13-7-5-11-18(21)24-22(26)15-14-20-23(24)17-10-4-6-12-19(17)25-20/h1-15,25H/p+1. The van der Waals surface area contributed by atoms with E-state index in [-0.39, 0.29) is 0 Å². The molecule has 2 N–H and O–H groups in total. The average Bonchev–Trinajstić information content (AvgIpc) is 3.24. The minimum absolute atomic E-state index is 1.20. The molecule has 0 saturated carbocycles. The van der Waals surface area contributed by atoms with Gasteiger partial charge < -0.3 is 4.57 Å². The Labute approximate surface area is 151 Å². The first-order valence-corrected chi connectivity index (χ1v) is 8.97. The van der Waals surface area contributed by atoms with Crippen LogP contribution < -0.4 is 5.32 Å². The Kier molecular flexibility index (Phi) is 2.71. The monoisotopic (exact) mass is 333 g/mol. The lowest BCUT2D eigenvalue weighted by Crippen LogP contribution is -2.69. The third-order valence-electron chi connectivity index (χ3n) is 5.43. The van der Waals surface area contributed by atoms with Crippen molar-refractivity contribution in [1.82, 2.24) is 4.57 Å². The molecule has 2 heterocycles. The fourth-order valence-electron chi connectivity index (χ4n) is 4.36. The first kappa shape index (κ1) is 13.9. The number of para-hydroxylation sites is 3. The smallest absolute Gasteiger partial charge is 0.143 e. The summed E-state index contributed by atoms with van der Waals surface area (Å²) >= 11 is 0. The molecule has 4 aromatic carbocycles. The molecule has 0 spiro atoms. The molecule has 0 bridgehead atoms. The summed E-state index contributed by atoms with van der Waals surface area (Å²) in [6, 6.07) is 32.6. The van der Waals surface area contributed by atoms with Gasteiger partial charge in [-0.05, 0) is 30.3 Å². The van der Waals surface area contributed by atoms with Crippen molar-refractivity contribution in [2.75, 3.05) is 0 Å². The molecule has 0 radical (unpaired) electrons. The van der Waals surface area contributed by atoms with Crippen LogP contribution in [0.25, 0.3) is 38.6 Å². The summed E-state index contributed by atoms with van der Waals surface area (Å²) in [6.07, 6.45) is 0. The summed E-state index contributed by atoms with van der Waals surface area (Å²) in [5.74, 6) is 0. The molecule has 0 unspecified atom stereocenters. The highest BCUT2D eigenvalue weighted by atomic mass is 15.0. The fraction of sp³-hybridized carbons (Fsp3) is 0. The summed E-state index contributed by atoms with van der Waals surface area (Å²) in [4.78, 5) is 0. The number of benzene rings is 4. The van der Waals surface area contributed by atoms with Gasteiger partial charge in [-0.15, -0.1) is 0 Å². The normalized spacial score (nSPS) is 12.5. The lowest BCUT2D eigenvalue weighted by atomic mass is 9.99. The highest BCUT2D eigenvalue weighted by molar-refractivity contribution is 6.18. The molecule has 0 amide bonds. The molecule has 6 rings (SSSR count). The second-order valence-corrected chi connectivity index (χ2v) is 6.84. The third-order valence-corrected chi connectivity index (χ3v) is 5.43. The van der Waals surface area contributed by atoms with Gasteiger partial charge in [0.15, 0.2) is 0 Å². The van der Waals surface area contributed by atoms with Gasteiger partial charge in [-0.3, -0.25) is 5.32 Å². The van der Waals surface area contributed by atoms with Crippen molar-refractivity contribution >= 4 is 33.2 Å². The van der Waals surface area contributed by atoms with E-state index in [2.05, 4.69) is 101 Å². The van der Waals surface area contributed by atoms with E-state index >= 15 is 0 Å². The molecule has 26 heavy (non-hydrogen) atoms.